The third kappa shape index (κ3) is 1.91. The Morgan fingerprint density at radius 3 is 2.79 bits per heavy atom. The Hall–Kier alpha value is -1.000. The molecule has 0 spiro atoms. The van der Waals surface area contributed by atoms with Crippen molar-refractivity contribution >= 4 is 11.6 Å². The zero-order chi connectivity index (χ0) is 10.7. The van der Waals surface area contributed by atoms with Gasteiger partial charge in [0.1, 0.15) is 16.5 Å². The minimum Gasteiger partial charge on any atom is -0.507 e. The molecule has 2 N–H and O–H groups in total. The van der Waals surface area contributed by atoms with E-state index in [4.69, 9.17) is 16.3 Å². The lowest BCUT2D eigenvalue weighted by atomic mass is 10.1. The first-order valence-corrected chi connectivity index (χ1v) is 4.38. The highest BCUT2D eigenvalue weighted by atomic mass is 35.5. The second-order valence-corrected chi connectivity index (χ2v) is 3.11. The summed E-state index contributed by atoms with van der Waals surface area (Å²) in [7, 11) is 3.01. The molecule has 0 saturated carbocycles. The second kappa shape index (κ2) is 4.48. The Bertz CT molecular complexity index is 344. The molecule has 0 aliphatic rings. The van der Waals surface area contributed by atoms with Gasteiger partial charge in [0.05, 0.1) is 7.11 Å². The van der Waals surface area contributed by atoms with Crippen LogP contribution in [0.4, 0.5) is 4.39 Å². The number of phenolic OH excluding ortho intramolecular Hbond substituents is 1. The van der Waals surface area contributed by atoms with Crippen molar-refractivity contribution in [3.63, 3.8) is 0 Å². The number of methoxy groups -OCH3 is 1. The highest BCUT2D eigenvalue weighted by Crippen LogP contribution is 2.35. The first-order valence-electron chi connectivity index (χ1n) is 4.00. The van der Waals surface area contributed by atoms with E-state index < -0.39 is 5.82 Å². The van der Waals surface area contributed by atoms with Crippen LogP contribution >= 0.6 is 11.6 Å². The Kier molecular flexibility index (Phi) is 3.55. The van der Waals surface area contributed by atoms with Crippen LogP contribution in [0.5, 0.6) is 11.5 Å². The van der Waals surface area contributed by atoms with Gasteiger partial charge in [-0.05, 0) is 7.05 Å². The predicted octanol–water partition coefficient (Wildman–Crippen LogP) is 1.91. The number of ether oxygens (including phenoxy) is 1. The SMILES string of the molecule is CNCc1c(O)cc(OC)c(Cl)c1F. The number of phenols is 1. The van der Waals surface area contributed by atoms with Crippen molar-refractivity contribution in [2.75, 3.05) is 14.2 Å². The molecule has 0 unspecified atom stereocenters. The van der Waals surface area contributed by atoms with E-state index in [1.54, 1.807) is 7.05 Å². The van der Waals surface area contributed by atoms with E-state index in [9.17, 15) is 9.50 Å². The molecule has 0 bridgehead atoms. The molecule has 1 aromatic carbocycles. The molecule has 3 nitrogen and oxygen atoms in total. The zero-order valence-electron chi connectivity index (χ0n) is 7.90. The van der Waals surface area contributed by atoms with Gasteiger partial charge in [0, 0.05) is 18.2 Å². The van der Waals surface area contributed by atoms with Crippen LogP contribution in [0.15, 0.2) is 6.07 Å². The fourth-order valence-corrected chi connectivity index (χ4v) is 1.37. The lowest BCUT2D eigenvalue weighted by Crippen LogP contribution is -2.08. The van der Waals surface area contributed by atoms with E-state index in [1.165, 1.54) is 13.2 Å². The molecule has 0 radical (unpaired) electrons. The van der Waals surface area contributed by atoms with Gasteiger partial charge in [-0.3, -0.25) is 0 Å². The molecular formula is C9H11ClFNO2. The number of halogens is 2. The Balaban J connectivity index is 3.26. The second-order valence-electron chi connectivity index (χ2n) is 2.73. The predicted molar refractivity (Wildman–Crippen MR) is 52.4 cm³/mol. The first kappa shape index (κ1) is 11.1. The number of aromatic hydroxyl groups is 1. The van der Waals surface area contributed by atoms with Crippen molar-refractivity contribution in [3.8, 4) is 11.5 Å². The van der Waals surface area contributed by atoms with Crippen LogP contribution in [0, 0.1) is 5.82 Å². The zero-order valence-corrected chi connectivity index (χ0v) is 8.65. The Labute approximate surface area is 86.5 Å². The molecule has 1 aromatic rings. The molecule has 1 rings (SSSR count). The normalized spacial score (nSPS) is 10.3. The van der Waals surface area contributed by atoms with E-state index in [2.05, 4.69) is 5.32 Å². The first-order chi connectivity index (χ1) is 6.61. The number of hydrogen-bond acceptors (Lipinski definition) is 3. The smallest absolute Gasteiger partial charge is 0.153 e. The van der Waals surface area contributed by atoms with Crippen molar-refractivity contribution in [1.82, 2.24) is 5.32 Å². The van der Waals surface area contributed by atoms with Crippen LogP contribution in [0.1, 0.15) is 5.56 Å². The summed E-state index contributed by atoms with van der Waals surface area (Å²) in [5, 5.41) is 12.1. The monoisotopic (exact) mass is 219 g/mol. The maximum atomic E-state index is 13.5. The molecule has 0 fully saturated rings. The average molecular weight is 220 g/mol. The standard InChI is InChI=1S/C9H11ClFNO2/c1-12-4-5-6(13)3-7(14-2)8(10)9(5)11/h3,12-13H,4H2,1-2H3. The fraction of sp³-hybridized carbons (Fsp3) is 0.333. The van der Waals surface area contributed by atoms with E-state index >= 15 is 0 Å². The van der Waals surface area contributed by atoms with Crippen LogP contribution < -0.4 is 10.1 Å². The molecule has 14 heavy (non-hydrogen) atoms. The van der Waals surface area contributed by atoms with Gasteiger partial charge in [-0.15, -0.1) is 0 Å². The molecule has 0 atom stereocenters. The van der Waals surface area contributed by atoms with Gasteiger partial charge in [-0.25, -0.2) is 4.39 Å². The molecular weight excluding hydrogens is 209 g/mol. The largest absolute Gasteiger partial charge is 0.507 e. The lowest BCUT2D eigenvalue weighted by Gasteiger charge is -2.10. The van der Waals surface area contributed by atoms with Gasteiger partial charge < -0.3 is 15.2 Å². The van der Waals surface area contributed by atoms with Crippen molar-refractivity contribution < 1.29 is 14.2 Å². The summed E-state index contributed by atoms with van der Waals surface area (Å²) in [5.74, 6) is -0.697. The third-order valence-corrected chi connectivity index (χ3v) is 2.18. The van der Waals surface area contributed by atoms with Gasteiger partial charge in [0.25, 0.3) is 0 Å². The van der Waals surface area contributed by atoms with E-state index in [1.807, 2.05) is 0 Å². The number of hydrogen-bond donors (Lipinski definition) is 2. The number of nitrogens with one attached hydrogen (secondary N) is 1. The summed E-state index contributed by atoms with van der Waals surface area (Å²) >= 11 is 5.67. The van der Waals surface area contributed by atoms with Gasteiger partial charge in [0.15, 0.2) is 5.82 Å². The maximum absolute atomic E-state index is 13.5. The highest BCUT2D eigenvalue weighted by molar-refractivity contribution is 6.32. The number of benzene rings is 1. The summed E-state index contributed by atoms with van der Waals surface area (Å²) in [6.07, 6.45) is 0. The molecule has 0 aromatic heterocycles. The summed E-state index contributed by atoms with van der Waals surface area (Å²) in [6.45, 7) is 0.210. The van der Waals surface area contributed by atoms with Crippen molar-refractivity contribution in [3.05, 3.63) is 22.5 Å². The van der Waals surface area contributed by atoms with Gasteiger partial charge in [0.2, 0.25) is 0 Å². The molecule has 0 heterocycles. The summed E-state index contributed by atoms with van der Waals surface area (Å²) < 4.78 is 18.3. The van der Waals surface area contributed by atoms with Crippen LogP contribution in [0.25, 0.3) is 0 Å². The quantitative estimate of drug-likeness (QED) is 0.816. The van der Waals surface area contributed by atoms with Crippen molar-refractivity contribution in [2.24, 2.45) is 0 Å². The van der Waals surface area contributed by atoms with Crippen LogP contribution in [-0.2, 0) is 6.54 Å². The third-order valence-electron chi connectivity index (χ3n) is 1.82. The summed E-state index contributed by atoms with van der Waals surface area (Å²) in [4.78, 5) is 0. The molecule has 0 aliphatic carbocycles. The molecule has 5 heteroatoms. The van der Waals surface area contributed by atoms with Crippen LogP contribution in [-0.4, -0.2) is 19.3 Å². The topological polar surface area (TPSA) is 41.5 Å². The molecule has 0 saturated heterocycles. The van der Waals surface area contributed by atoms with Crippen molar-refractivity contribution in [1.29, 1.82) is 0 Å². The van der Waals surface area contributed by atoms with Crippen LogP contribution in [0.2, 0.25) is 5.02 Å². The Morgan fingerprint density at radius 1 is 1.64 bits per heavy atom. The van der Waals surface area contributed by atoms with Gasteiger partial charge in [-0.1, -0.05) is 11.6 Å². The summed E-state index contributed by atoms with van der Waals surface area (Å²) in [5.41, 5.74) is 0.137. The molecule has 0 aliphatic heterocycles. The fourth-order valence-electron chi connectivity index (χ4n) is 1.12. The number of rotatable bonds is 3. The van der Waals surface area contributed by atoms with E-state index in [-0.39, 0.29) is 28.6 Å². The Morgan fingerprint density at radius 2 is 2.29 bits per heavy atom. The van der Waals surface area contributed by atoms with Crippen molar-refractivity contribution in [2.45, 2.75) is 6.54 Å². The molecule has 78 valence electrons. The van der Waals surface area contributed by atoms with Gasteiger partial charge in [-0.2, -0.15) is 0 Å². The average Bonchev–Trinajstić information content (AvgIpc) is 2.18. The molecule has 0 amide bonds. The lowest BCUT2D eigenvalue weighted by molar-refractivity contribution is 0.399. The highest BCUT2D eigenvalue weighted by Gasteiger charge is 2.16. The summed E-state index contributed by atoms with van der Waals surface area (Å²) in [6, 6.07) is 1.29. The minimum absolute atomic E-state index is 0.115. The minimum atomic E-state index is -0.655. The maximum Gasteiger partial charge on any atom is 0.153 e. The van der Waals surface area contributed by atoms with E-state index in [0.29, 0.717) is 0 Å². The van der Waals surface area contributed by atoms with E-state index in [0.717, 1.165) is 0 Å². The van der Waals surface area contributed by atoms with Gasteiger partial charge >= 0.3 is 0 Å². The van der Waals surface area contributed by atoms with Crippen LogP contribution in [0.3, 0.4) is 0 Å².